The highest BCUT2D eigenvalue weighted by Crippen LogP contribution is 2.52. The molecule has 3 aliphatic rings. The van der Waals surface area contributed by atoms with E-state index >= 15 is 0 Å². The van der Waals surface area contributed by atoms with Gasteiger partial charge in [-0.25, -0.2) is 4.79 Å². The molecule has 0 radical (unpaired) electrons. The zero-order chi connectivity index (χ0) is 16.7. The van der Waals surface area contributed by atoms with Crippen LogP contribution < -0.4 is 10.1 Å². The number of nitrogens with one attached hydrogen (secondary N) is 1. The lowest BCUT2D eigenvalue weighted by Gasteiger charge is -2.57. The molecule has 124 valence electrons. The second-order valence-electron chi connectivity index (χ2n) is 6.89. The van der Waals surface area contributed by atoms with E-state index in [-0.39, 0.29) is 12.1 Å². The SMILES string of the molecule is C=CCN1C(=O)NC2CC1(C1CCC1)Oc1ccc(CC#N)cc12. The van der Waals surface area contributed by atoms with E-state index in [9.17, 15) is 4.79 Å². The molecule has 2 fully saturated rings. The van der Waals surface area contributed by atoms with Crippen molar-refractivity contribution in [1.82, 2.24) is 10.2 Å². The van der Waals surface area contributed by atoms with Crippen molar-refractivity contribution in [3.05, 3.63) is 42.0 Å². The molecule has 5 heteroatoms. The van der Waals surface area contributed by atoms with Crippen LogP contribution in [0.15, 0.2) is 30.9 Å². The highest BCUT2D eigenvalue weighted by molar-refractivity contribution is 5.77. The van der Waals surface area contributed by atoms with Gasteiger partial charge in [-0.1, -0.05) is 18.6 Å². The van der Waals surface area contributed by atoms with Crippen molar-refractivity contribution in [3.63, 3.8) is 0 Å². The summed E-state index contributed by atoms with van der Waals surface area (Å²) in [5.74, 6) is 1.20. The predicted molar refractivity (Wildman–Crippen MR) is 89.3 cm³/mol. The van der Waals surface area contributed by atoms with Crippen molar-refractivity contribution in [1.29, 1.82) is 5.26 Å². The molecular formula is C19H21N3O2. The maximum absolute atomic E-state index is 12.7. The van der Waals surface area contributed by atoms with Gasteiger partial charge in [0, 0.05) is 24.4 Å². The molecular weight excluding hydrogens is 302 g/mol. The Morgan fingerprint density at radius 2 is 2.33 bits per heavy atom. The van der Waals surface area contributed by atoms with Gasteiger partial charge in [-0.3, -0.25) is 4.90 Å². The van der Waals surface area contributed by atoms with Crippen LogP contribution in [-0.4, -0.2) is 23.2 Å². The van der Waals surface area contributed by atoms with Gasteiger partial charge in [0.1, 0.15) is 5.75 Å². The van der Waals surface area contributed by atoms with Gasteiger partial charge in [0.25, 0.3) is 0 Å². The summed E-state index contributed by atoms with van der Waals surface area (Å²) in [4.78, 5) is 14.5. The normalized spacial score (nSPS) is 28.0. The molecule has 4 rings (SSSR count). The second-order valence-corrected chi connectivity index (χ2v) is 6.89. The minimum Gasteiger partial charge on any atom is -0.467 e. The van der Waals surface area contributed by atoms with E-state index in [1.807, 2.05) is 23.1 Å². The predicted octanol–water partition coefficient (Wildman–Crippen LogP) is 3.28. The number of fused-ring (bicyclic) bond motifs is 4. The molecule has 0 aromatic heterocycles. The largest absolute Gasteiger partial charge is 0.467 e. The van der Waals surface area contributed by atoms with Gasteiger partial charge in [0.15, 0.2) is 5.72 Å². The van der Waals surface area contributed by atoms with Gasteiger partial charge in [-0.05, 0) is 30.5 Å². The Morgan fingerprint density at radius 1 is 1.50 bits per heavy atom. The number of hydrogen-bond acceptors (Lipinski definition) is 3. The van der Waals surface area contributed by atoms with Crippen LogP contribution in [0.25, 0.3) is 0 Å². The molecule has 24 heavy (non-hydrogen) atoms. The van der Waals surface area contributed by atoms with Gasteiger partial charge in [0.05, 0.1) is 18.5 Å². The summed E-state index contributed by atoms with van der Waals surface area (Å²) >= 11 is 0. The minimum atomic E-state index is -0.566. The van der Waals surface area contributed by atoms with E-state index in [1.165, 1.54) is 6.42 Å². The smallest absolute Gasteiger partial charge is 0.321 e. The van der Waals surface area contributed by atoms with Crippen molar-refractivity contribution >= 4 is 6.03 Å². The van der Waals surface area contributed by atoms with Crippen LogP contribution in [0.4, 0.5) is 4.79 Å². The van der Waals surface area contributed by atoms with E-state index in [4.69, 9.17) is 10.00 Å². The molecule has 1 saturated heterocycles. The topological polar surface area (TPSA) is 65.4 Å². The summed E-state index contributed by atoms with van der Waals surface area (Å²) in [5, 5.41) is 12.0. The Kier molecular flexibility index (Phi) is 3.49. The fourth-order valence-electron chi connectivity index (χ4n) is 4.19. The van der Waals surface area contributed by atoms with Gasteiger partial charge >= 0.3 is 6.03 Å². The van der Waals surface area contributed by atoms with Gasteiger partial charge in [-0.15, -0.1) is 6.58 Å². The third-order valence-electron chi connectivity index (χ3n) is 5.57. The van der Waals surface area contributed by atoms with Crippen LogP contribution in [0.2, 0.25) is 0 Å². The lowest BCUT2D eigenvalue weighted by Crippen LogP contribution is -2.69. The molecule has 2 amide bonds. The lowest BCUT2D eigenvalue weighted by molar-refractivity contribution is -0.153. The van der Waals surface area contributed by atoms with E-state index in [1.54, 1.807) is 6.08 Å². The first-order chi connectivity index (χ1) is 11.7. The third kappa shape index (κ3) is 2.10. The van der Waals surface area contributed by atoms with Crippen molar-refractivity contribution in [3.8, 4) is 11.8 Å². The molecule has 0 spiro atoms. The number of ether oxygens (including phenoxy) is 1. The highest BCUT2D eigenvalue weighted by Gasteiger charge is 2.57. The zero-order valence-corrected chi connectivity index (χ0v) is 13.6. The highest BCUT2D eigenvalue weighted by atomic mass is 16.5. The number of nitrogens with zero attached hydrogens (tertiary/aromatic N) is 2. The number of hydrogen-bond donors (Lipinski definition) is 1. The van der Waals surface area contributed by atoms with Crippen molar-refractivity contribution < 1.29 is 9.53 Å². The van der Waals surface area contributed by atoms with Crippen molar-refractivity contribution in [2.24, 2.45) is 5.92 Å². The average molecular weight is 323 g/mol. The maximum atomic E-state index is 12.7. The monoisotopic (exact) mass is 323 g/mol. The molecule has 1 aliphatic carbocycles. The quantitative estimate of drug-likeness (QED) is 0.865. The van der Waals surface area contributed by atoms with Crippen LogP contribution in [0.1, 0.15) is 42.9 Å². The fourth-order valence-corrected chi connectivity index (χ4v) is 4.19. The lowest BCUT2D eigenvalue weighted by atomic mass is 9.71. The number of carbonyl (C=O) groups excluding carboxylic acids is 1. The average Bonchev–Trinajstić information content (AvgIpc) is 2.50. The molecule has 1 aromatic carbocycles. The van der Waals surface area contributed by atoms with Crippen molar-refractivity contribution in [2.75, 3.05) is 6.54 Å². The molecule has 2 atom stereocenters. The molecule has 5 nitrogen and oxygen atoms in total. The second kappa shape index (κ2) is 5.55. The summed E-state index contributed by atoms with van der Waals surface area (Å²) in [5.41, 5.74) is 1.38. The number of urea groups is 1. The van der Waals surface area contributed by atoms with Crippen LogP contribution in [-0.2, 0) is 6.42 Å². The Bertz CT molecular complexity index is 735. The van der Waals surface area contributed by atoms with E-state index in [2.05, 4.69) is 18.0 Å². The first-order valence-electron chi connectivity index (χ1n) is 8.56. The standard InChI is InChI=1S/C19H21N3O2/c1-2-10-22-18(23)21-16-12-19(22,14-4-3-5-14)24-17-7-6-13(8-9-20)11-15(16)17/h2,6-7,11,14,16H,1,3-5,8,10,12H2,(H,21,23). The number of amides is 2. The Morgan fingerprint density at radius 3 is 3.00 bits per heavy atom. The first kappa shape index (κ1) is 15.1. The van der Waals surface area contributed by atoms with Gasteiger partial charge < -0.3 is 10.1 Å². The summed E-state index contributed by atoms with van der Waals surface area (Å²) < 4.78 is 6.50. The molecule has 2 heterocycles. The van der Waals surface area contributed by atoms with E-state index in [0.29, 0.717) is 18.9 Å². The molecule has 2 unspecified atom stereocenters. The number of carbonyl (C=O) groups is 1. The molecule has 2 bridgehead atoms. The van der Waals surface area contributed by atoms with E-state index < -0.39 is 5.72 Å². The van der Waals surface area contributed by atoms with Crippen LogP contribution >= 0.6 is 0 Å². The molecule has 2 aliphatic heterocycles. The van der Waals surface area contributed by atoms with Crippen LogP contribution in [0.5, 0.6) is 5.75 Å². The number of benzene rings is 1. The number of rotatable bonds is 4. The minimum absolute atomic E-state index is 0.0541. The summed E-state index contributed by atoms with van der Waals surface area (Å²) in [6.07, 6.45) is 6.25. The zero-order valence-electron chi connectivity index (χ0n) is 13.6. The fraction of sp³-hybridized carbons (Fsp3) is 0.474. The summed E-state index contributed by atoms with van der Waals surface area (Å²) in [6, 6.07) is 7.92. The molecule has 1 N–H and O–H groups in total. The third-order valence-corrected chi connectivity index (χ3v) is 5.57. The van der Waals surface area contributed by atoms with Crippen molar-refractivity contribution in [2.45, 2.75) is 43.9 Å². The van der Waals surface area contributed by atoms with Gasteiger partial charge in [-0.2, -0.15) is 5.26 Å². The number of nitriles is 1. The first-order valence-corrected chi connectivity index (χ1v) is 8.56. The van der Waals surface area contributed by atoms with E-state index in [0.717, 1.165) is 36.1 Å². The molecule has 1 saturated carbocycles. The van der Waals surface area contributed by atoms with Crippen LogP contribution in [0, 0.1) is 17.2 Å². The van der Waals surface area contributed by atoms with Crippen LogP contribution in [0.3, 0.4) is 0 Å². The van der Waals surface area contributed by atoms with Gasteiger partial charge in [0.2, 0.25) is 0 Å². The Hall–Kier alpha value is -2.48. The Labute approximate surface area is 141 Å². The summed E-state index contributed by atoms with van der Waals surface area (Å²) in [6.45, 7) is 4.28. The summed E-state index contributed by atoms with van der Waals surface area (Å²) in [7, 11) is 0. The molecule has 1 aromatic rings. The Balaban J connectivity index is 1.78. The maximum Gasteiger partial charge on any atom is 0.321 e.